The van der Waals surface area contributed by atoms with Crippen molar-refractivity contribution in [2.24, 2.45) is 10.9 Å². The third-order valence-electron chi connectivity index (χ3n) is 2.62. The van der Waals surface area contributed by atoms with Gasteiger partial charge in [0, 0.05) is 4.47 Å². The number of amidine groups is 1. The molecule has 0 fully saturated rings. The first-order valence-corrected chi connectivity index (χ1v) is 6.53. The van der Waals surface area contributed by atoms with Crippen molar-refractivity contribution < 1.29 is 14.7 Å². The van der Waals surface area contributed by atoms with Crippen molar-refractivity contribution in [3.8, 4) is 17.2 Å². The quantitative estimate of drug-likeness (QED) is 0.388. The lowest BCUT2D eigenvalue weighted by molar-refractivity contribution is 0.318. The molecule has 2 rings (SSSR count). The summed E-state index contributed by atoms with van der Waals surface area (Å²) in [7, 11) is 1.56. The molecular formula is C14H13BrN2O3. The normalized spacial score (nSPS) is 11.2. The fraction of sp³-hybridized carbons (Fsp3) is 0.0714. The first kappa shape index (κ1) is 14.2. The monoisotopic (exact) mass is 336 g/mol. The SMILES string of the molecule is COc1ccccc1Oc1cc(Br)ccc1/C(N)=N/O. The van der Waals surface area contributed by atoms with Crippen molar-refractivity contribution in [2.45, 2.75) is 0 Å². The van der Waals surface area contributed by atoms with Gasteiger partial charge in [-0.2, -0.15) is 0 Å². The Kier molecular flexibility index (Phi) is 4.47. The van der Waals surface area contributed by atoms with Gasteiger partial charge in [-0.25, -0.2) is 0 Å². The van der Waals surface area contributed by atoms with E-state index in [1.54, 1.807) is 37.4 Å². The maximum atomic E-state index is 8.82. The molecule has 0 aromatic heterocycles. The van der Waals surface area contributed by atoms with Crippen molar-refractivity contribution >= 4 is 21.8 Å². The Morgan fingerprint density at radius 1 is 1.15 bits per heavy atom. The molecule has 0 saturated heterocycles. The van der Waals surface area contributed by atoms with E-state index in [9.17, 15) is 0 Å². The van der Waals surface area contributed by atoms with Gasteiger partial charge in [0.15, 0.2) is 17.3 Å². The maximum absolute atomic E-state index is 8.82. The molecule has 2 aromatic carbocycles. The molecule has 0 aliphatic rings. The van der Waals surface area contributed by atoms with Crippen LogP contribution in [0, 0.1) is 0 Å². The number of rotatable bonds is 4. The molecule has 20 heavy (non-hydrogen) atoms. The average Bonchev–Trinajstić information content (AvgIpc) is 2.47. The standard InChI is InChI=1S/C14H13BrN2O3/c1-19-11-4-2-3-5-12(11)20-13-8-9(15)6-7-10(13)14(16)17-18/h2-8,18H,1H3,(H2,16,17). The number of hydrogen-bond donors (Lipinski definition) is 2. The Morgan fingerprint density at radius 3 is 2.50 bits per heavy atom. The van der Waals surface area contributed by atoms with Gasteiger partial charge >= 0.3 is 0 Å². The molecule has 5 nitrogen and oxygen atoms in total. The van der Waals surface area contributed by atoms with E-state index in [0.29, 0.717) is 22.8 Å². The van der Waals surface area contributed by atoms with Gasteiger partial charge in [-0.15, -0.1) is 0 Å². The number of hydrogen-bond acceptors (Lipinski definition) is 4. The molecule has 0 amide bonds. The lowest BCUT2D eigenvalue weighted by Crippen LogP contribution is -2.14. The molecule has 0 heterocycles. The van der Waals surface area contributed by atoms with Crippen LogP contribution in [0.5, 0.6) is 17.2 Å². The predicted molar refractivity (Wildman–Crippen MR) is 79.7 cm³/mol. The molecular weight excluding hydrogens is 324 g/mol. The van der Waals surface area contributed by atoms with E-state index in [1.807, 2.05) is 12.1 Å². The Morgan fingerprint density at radius 2 is 1.85 bits per heavy atom. The fourth-order valence-electron chi connectivity index (χ4n) is 1.67. The lowest BCUT2D eigenvalue weighted by atomic mass is 10.2. The summed E-state index contributed by atoms with van der Waals surface area (Å²) in [5.74, 6) is 1.57. The van der Waals surface area contributed by atoms with Crippen LogP contribution in [0.25, 0.3) is 0 Å². The summed E-state index contributed by atoms with van der Waals surface area (Å²) in [5, 5.41) is 11.8. The number of ether oxygens (including phenoxy) is 2. The van der Waals surface area contributed by atoms with Crippen LogP contribution in [-0.4, -0.2) is 18.2 Å². The maximum Gasteiger partial charge on any atom is 0.173 e. The molecule has 3 N–H and O–H groups in total. The van der Waals surface area contributed by atoms with Gasteiger partial charge in [0.2, 0.25) is 0 Å². The van der Waals surface area contributed by atoms with E-state index >= 15 is 0 Å². The highest BCUT2D eigenvalue weighted by Gasteiger charge is 2.12. The highest BCUT2D eigenvalue weighted by atomic mass is 79.9. The largest absolute Gasteiger partial charge is 0.493 e. The summed E-state index contributed by atoms with van der Waals surface area (Å²) >= 11 is 3.36. The van der Waals surface area contributed by atoms with E-state index < -0.39 is 0 Å². The molecule has 0 aliphatic heterocycles. The van der Waals surface area contributed by atoms with Crippen LogP contribution in [-0.2, 0) is 0 Å². The zero-order chi connectivity index (χ0) is 14.5. The fourth-order valence-corrected chi connectivity index (χ4v) is 2.01. The number of oxime groups is 1. The van der Waals surface area contributed by atoms with Crippen molar-refractivity contribution in [3.63, 3.8) is 0 Å². The van der Waals surface area contributed by atoms with Gasteiger partial charge in [0.25, 0.3) is 0 Å². The van der Waals surface area contributed by atoms with Crippen molar-refractivity contribution in [1.82, 2.24) is 0 Å². The smallest absolute Gasteiger partial charge is 0.173 e. The van der Waals surface area contributed by atoms with Crippen LogP contribution in [0.3, 0.4) is 0 Å². The van der Waals surface area contributed by atoms with E-state index in [-0.39, 0.29) is 5.84 Å². The van der Waals surface area contributed by atoms with Gasteiger partial charge in [0.05, 0.1) is 12.7 Å². The van der Waals surface area contributed by atoms with E-state index in [4.69, 9.17) is 20.4 Å². The second-order valence-electron chi connectivity index (χ2n) is 3.88. The minimum Gasteiger partial charge on any atom is -0.493 e. The Balaban J connectivity index is 2.45. The molecule has 6 heteroatoms. The summed E-state index contributed by atoms with van der Waals surface area (Å²) in [6.45, 7) is 0. The van der Waals surface area contributed by atoms with Gasteiger partial charge < -0.3 is 20.4 Å². The molecule has 2 aromatic rings. The van der Waals surface area contributed by atoms with Gasteiger partial charge in [-0.3, -0.25) is 0 Å². The predicted octanol–water partition coefficient (Wildman–Crippen LogP) is 3.34. The van der Waals surface area contributed by atoms with Gasteiger partial charge in [0.1, 0.15) is 5.75 Å². The Hall–Kier alpha value is -2.21. The summed E-state index contributed by atoms with van der Waals surface area (Å²) in [4.78, 5) is 0. The van der Waals surface area contributed by atoms with Crippen molar-refractivity contribution in [2.75, 3.05) is 7.11 Å². The molecule has 0 atom stereocenters. The topological polar surface area (TPSA) is 77.1 Å². The zero-order valence-corrected chi connectivity index (χ0v) is 12.3. The van der Waals surface area contributed by atoms with E-state index in [2.05, 4.69) is 21.1 Å². The molecule has 0 radical (unpaired) electrons. The highest BCUT2D eigenvalue weighted by Crippen LogP contribution is 2.34. The number of halogens is 1. The summed E-state index contributed by atoms with van der Waals surface area (Å²) in [5.41, 5.74) is 6.13. The molecule has 104 valence electrons. The average molecular weight is 337 g/mol. The molecule has 0 bridgehead atoms. The van der Waals surface area contributed by atoms with Crippen LogP contribution in [0.4, 0.5) is 0 Å². The number of nitrogens with zero attached hydrogens (tertiary/aromatic N) is 1. The number of nitrogens with two attached hydrogens (primary N) is 1. The second kappa shape index (κ2) is 6.29. The van der Waals surface area contributed by atoms with Crippen LogP contribution in [0.2, 0.25) is 0 Å². The summed E-state index contributed by atoms with van der Waals surface area (Å²) in [6, 6.07) is 12.5. The number of methoxy groups -OCH3 is 1. The summed E-state index contributed by atoms with van der Waals surface area (Å²) < 4.78 is 11.9. The molecule has 0 saturated carbocycles. The summed E-state index contributed by atoms with van der Waals surface area (Å²) in [6.07, 6.45) is 0. The van der Waals surface area contributed by atoms with E-state index in [0.717, 1.165) is 4.47 Å². The third kappa shape index (κ3) is 3.03. The number of para-hydroxylation sites is 2. The third-order valence-corrected chi connectivity index (χ3v) is 3.11. The Bertz CT molecular complexity index is 644. The molecule has 0 spiro atoms. The van der Waals surface area contributed by atoms with Gasteiger partial charge in [-0.1, -0.05) is 33.2 Å². The van der Waals surface area contributed by atoms with Gasteiger partial charge in [-0.05, 0) is 30.3 Å². The minimum absolute atomic E-state index is 0.0256. The highest BCUT2D eigenvalue weighted by molar-refractivity contribution is 9.10. The molecule has 0 unspecified atom stereocenters. The van der Waals surface area contributed by atoms with E-state index in [1.165, 1.54) is 0 Å². The first-order chi connectivity index (χ1) is 9.65. The second-order valence-corrected chi connectivity index (χ2v) is 4.79. The van der Waals surface area contributed by atoms with Crippen LogP contribution >= 0.6 is 15.9 Å². The van der Waals surface area contributed by atoms with Crippen molar-refractivity contribution in [1.29, 1.82) is 0 Å². The number of benzene rings is 2. The zero-order valence-electron chi connectivity index (χ0n) is 10.7. The lowest BCUT2D eigenvalue weighted by Gasteiger charge is -2.13. The Labute approximate surface area is 124 Å². The molecule has 0 aliphatic carbocycles. The van der Waals surface area contributed by atoms with Crippen LogP contribution < -0.4 is 15.2 Å². The van der Waals surface area contributed by atoms with Crippen molar-refractivity contribution in [3.05, 3.63) is 52.5 Å². The minimum atomic E-state index is -0.0256. The van der Waals surface area contributed by atoms with Crippen LogP contribution in [0.15, 0.2) is 52.1 Å². The van der Waals surface area contributed by atoms with Crippen LogP contribution in [0.1, 0.15) is 5.56 Å². The first-order valence-electron chi connectivity index (χ1n) is 5.74.